The molecule has 2 rings (SSSR count). The summed E-state index contributed by atoms with van der Waals surface area (Å²) in [5, 5.41) is 7.69. The Labute approximate surface area is 226 Å². The fourth-order valence-corrected chi connectivity index (χ4v) is 2.55. The van der Waals surface area contributed by atoms with E-state index in [1.807, 2.05) is 0 Å². The molecule has 0 bridgehead atoms. The Kier molecular flexibility index (Phi) is 7.33. The first-order valence-electron chi connectivity index (χ1n) is 14.0. The van der Waals surface area contributed by atoms with Crippen LogP contribution in [-0.2, 0) is 36.5 Å². The largest absolute Gasteiger partial charge is 0.444 e. The molecule has 13 nitrogen and oxygen atoms in total. The smallest absolute Gasteiger partial charge is 0.410 e. The van der Waals surface area contributed by atoms with Crippen LogP contribution in [0.2, 0.25) is 0 Å². The molecule has 0 atom stereocenters. The van der Waals surface area contributed by atoms with Crippen molar-refractivity contribution in [3.63, 3.8) is 0 Å². The number of amides is 3. The van der Waals surface area contributed by atoms with Crippen LogP contribution in [0.4, 0.5) is 15.4 Å². The number of nitrogens with two attached hydrogens (primary N) is 1. The van der Waals surface area contributed by atoms with Gasteiger partial charge in [-0.15, -0.1) is 5.10 Å². The van der Waals surface area contributed by atoms with Crippen LogP contribution in [0.3, 0.4) is 0 Å². The molecule has 2 heterocycles. The van der Waals surface area contributed by atoms with E-state index in [1.165, 1.54) is 36.0 Å². The van der Waals surface area contributed by atoms with Crippen molar-refractivity contribution in [2.24, 2.45) is 19.7 Å². The normalized spacial score (nSPS) is 14.1. The van der Waals surface area contributed by atoms with Gasteiger partial charge in [0.05, 0.1) is 35.6 Å². The highest BCUT2D eigenvalue weighted by atomic mass is 16.6. The third kappa shape index (κ3) is 10.6. The number of hydrogen-bond donors (Lipinski definition) is 1. The molecule has 0 saturated carbocycles. The van der Waals surface area contributed by atoms with Gasteiger partial charge in [-0.1, -0.05) is 6.57 Å². The van der Waals surface area contributed by atoms with Crippen molar-refractivity contribution in [3.05, 3.63) is 40.6 Å². The maximum atomic E-state index is 11.9. The van der Waals surface area contributed by atoms with Crippen LogP contribution in [0, 0.1) is 6.57 Å². The van der Waals surface area contributed by atoms with Crippen LogP contribution in [-0.4, -0.2) is 72.8 Å². The number of nitrogens with zero attached hydrogens (tertiary/aromatic N) is 7. The Morgan fingerprint density at radius 3 is 1.70 bits per heavy atom. The number of ether oxygens (including phenoxy) is 2. The lowest BCUT2D eigenvalue weighted by Crippen LogP contribution is -2.33. The van der Waals surface area contributed by atoms with Crippen LogP contribution in [0.5, 0.6) is 0 Å². The lowest BCUT2D eigenvalue weighted by atomic mass is 10.2. The quantitative estimate of drug-likeness (QED) is 0.592. The minimum atomic E-state index is -2.63. The van der Waals surface area contributed by atoms with E-state index in [4.69, 9.17) is 30.0 Å². The number of carbonyl (C=O) groups excluding carboxylic acids is 3. The molecule has 0 radical (unpaired) electrons. The van der Waals surface area contributed by atoms with Gasteiger partial charge < -0.3 is 29.9 Å². The zero-order valence-corrected chi connectivity index (χ0v) is 22.3. The summed E-state index contributed by atoms with van der Waals surface area (Å²) in [6, 6.07) is 2.59. The molecule has 0 aliphatic carbocycles. The molecule has 0 unspecified atom stereocenters. The maximum absolute atomic E-state index is 11.9. The Balaban J connectivity index is 0.000000430. The van der Waals surface area contributed by atoms with E-state index in [9.17, 15) is 14.4 Å². The first-order valence-corrected chi connectivity index (χ1v) is 11.0. The highest BCUT2D eigenvalue weighted by Gasteiger charge is 2.22. The molecule has 0 spiro atoms. The van der Waals surface area contributed by atoms with E-state index >= 15 is 0 Å². The Hall–Kier alpha value is -4.08. The van der Waals surface area contributed by atoms with Crippen molar-refractivity contribution < 1.29 is 32.1 Å². The summed E-state index contributed by atoms with van der Waals surface area (Å²) in [6.07, 6.45) is -1.13. The van der Waals surface area contributed by atoms with E-state index < -0.39 is 43.2 Å². The second kappa shape index (κ2) is 12.2. The van der Waals surface area contributed by atoms with Crippen LogP contribution in [0.15, 0.2) is 12.1 Å². The minimum absolute atomic E-state index is 0.0156. The summed E-state index contributed by atoms with van der Waals surface area (Å²) in [7, 11) is 2.99. The highest BCUT2D eigenvalue weighted by Crippen LogP contribution is 2.15. The zero-order valence-electron chi connectivity index (χ0n) is 28.3. The molecule has 2 aromatic heterocycles. The predicted octanol–water partition coefficient (Wildman–Crippen LogP) is 3.22. The lowest BCUT2D eigenvalue weighted by Gasteiger charge is -2.24. The third-order valence-corrected chi connectivity index (χ3v) is 4.08. The van der Waals surface area contributed by atoms with Crippen LogP contribution in [0.25, 0.3) is 4.85 Å². The number of hydrogen-bond acceptors (Lipinski definition) is 7. The molecular formula is C24H38N8O5. The number of rotatable bonds is 5. The van der Waals surface area contributed by atoms with Crippen LogP contribution >= 0.6 is 0 Å². The van der Waals surface area contributed by atoms with Gasteiger partial charge in [0.1, 0.15) is 16.9 Å². The summed E-state index contributed by atoms with van der Waals surface area (Å²) < 4.78 is 55.5. The summed E-state index contributed by atoms with van der Waals surface area (Å²) in [4.78, 5) is 40.6. The van der Waals surface area contributed by atoms with Gasteiger partial charge in [0, 0.05) is 25.2 Å². The van der Waals surface area contributed by atoms with E-state index in [0.717, 1.165) is 0 Å². The molecule has 2 N–H and O–H groups in total. The highest BCUT2D eigenvalue weighted by molar-refractivity contribution is 5.91. The van der Waals surface area contributed by atoms with Gasteiger partial charge in [-0.3, -0.25) is 9.48 Å². The average molecular weight is 525 g/mol. The lowest BCUT2D eigenvalue weighted by molar-refractivity contribution is 0.0273. The van der Waals surface area contributed by atoms with Crippen molar-refractivity contribution >= 4 is 23.9 Å². The molecule has 0 fully saturated rings. The third-order valence-electron chi connectivity index (χ3n) is 4.08. The Morgan fingerprint density at radius 1 is 0.946 bits per heavy atom. The zero-order chi connectivity index (χ0) is 33.7. The van der Waals surface area contributed by atoms with E-state index in [0.29, 0.717) is 15.1 Å². The first-order chi connectivity index (χ1) is 19.2. The SMILES string of the molecule is [2H]C([2H])([2H])n1nc(CN(C)C(=O)OC(C)(C)C)cc1C(N)=O.[2H]C([2H])([2H])n1nc(CN(C)C(=O)OC(C)(C)C)cc1[N+]#[C-]. The molecule has 13 heteroatoms. The molecular weight excluding hydrogens is 480 g/mol. The van der Waals surface area contributed by atoms with Crippen molar-refractivity contribution in [1.29, 1.82) is 0 Å². The molecule has 204 valence electrons. The maximum Gasteiger partial charge on any atom is 0.410 e. The molecule has 0 aromatic carbocycles. The second-order valence-corrected chi connectivity index (χ2v) is 9.99. The van der Waals surface area contributed by atoms with Gasteiger partial charge in [-0.05, 0) is 53.7 Å². The summed E-state index contributed by atoms with van der Waals surface area (Å²) in [5.74, 6) is -1.00. The predicted molar refractivity (Wildman–Crippen MR) is 137 cm³/mol. The monoisotopic (exact) mass is 524 g/mol. The molecule has 0 aliphatic rings. The molecule has 2 aromatic rings. The van der Waals surface area contributed by atoms with E-state index in [-0.39, 0.29) is 30.3 Å². The number of aromatic nitrogens is 4. The molecule has 3 amide bonds. The minimum Gasteiger partial charge on any atom is -0.444 e. The average Bonchev–Trinajstić information content (AvgIpc) is 3.41. The van der Waals surface area contributed by atoms with E-state index in [2.05, 4.69) is 15.0 Å². The summed E-state index contributed by atoms with van der Waals surface area (Å²) >= 11 is 0. The summed E-state index contributed by atoms with van der Waals surface area (Å²) in [5.41, 5.74) is 4.16. The van der Waals surface area contributed by atoms with Gasteiger partial charge in [-0.2, -0.15) is 5.10 Å². The van der Waals surface area contributed by atoms with Gasteiger partial charge in [-0.25, -0.2) is 14.3 Å². The molecule has 0 saturated heterocycles. The summed E-state index contributed by atoms with van der Waals surface area (Å²) in [6.45, 7) is 12.3. The van der Waals surface area contributed by atoms with Gasteiger partial charge in [0.15, 0.2) is 0 Å². The Morgan fingerprint density at radius 2 is 1.38 bits per heavy atom. The standard InChI is InChI=1S/C12H20N4O3.C12H18N4O2/c1-12(2,3)19-11(18)15(4)7-8-6-9(10(13)17)16(5)14-8;1-12(2,3)18-11(17)15(5)8-9-7-10(13-4)16(6)14-9/h6H,7H2,1-5H3,(H2,13,17);7H,8H2,1-3,5-6H3/i5D3;6D3. The van der Waals surface area contributed by atoms with Gasteiger partial charge in [0.25, 0.3) is 11.7 Å². The fraction of sp³-hybridized carbons (Fsp3) is 0.583. The number of carbonyl (C=O) groups is 3. The van der Waals surface area contributed by atoms with Crippen LogP contribution in [0.1, 0.15) is 71.6 Å². The number of primary amides is 1. The molecule has 0 aliphatic heterocycles. The Bertz CT molecular complexity index is 1350. The number of aryl methyl sites for hydroxylation is 2. The van der Waals surface area contributed by atoms with Crippen molar-refractivity contribution in [1.82, 2.24) is 29.4 Å². The molecule has 37 heavy (non-hydrogen) atoms. The van der Waals surface area contributed by atoms with Crippen molar-refractivity contribution in [2.45, 2.75) is 65.8 Å². The van der Waals surface area contributed by atoms with Crippen molar-refractivity contribution in [2.75, 3.05) is 14.1 Å². The second-order valence-electron chi connectivity index (χ2n) is 9.99. The van der Waals surface area contributed by atoms with Gasteiger partial charge in [0.2, 0.25) is 0 Å². The van der Waals surface area contributed by atoms with Crippen molar-refractivity contribution in [3.8, 4) is 0 Å². The van der Waals surface area contributed by atoms with Gasteiger partial charge >= 0.3 is 12.2 Å². The topological polar surface area (TPSA) is 142 Å². The fourth-order valence-electron chi connectivity index (χ4n) is 2.55. The van der Waals surface area contributed by atoms with E-state index in [1.54, 1.807) is 41.5 Å². The van der Waals surface area contributed by atoms with Crippen LogP contribution < -0.4 is 5.73 Å². The first kappa shape index (κ1) is 22.1.